The molecule has 0 amide bonds. The van der Waals surface area contributed by atoms with E-state index in [0.29, 0.717) is 17.5 Å². The maximum absolute atomic E-state index is 9.92. The molecule has 1 aromatic carbocycles. The van der Waals surface area contributed by atoms with Crippen molar-refractivity contribution in [2.24, 2.45) is 0 Å². The number of halogens is 1. The van der Waals surface area contributed by atoms with Crippen LogP contribution in [0, 0.1) is 0 Å². The highest BCUT2D eigenvalue weighted by Crippen LogP contribution is 2.44. The molecule has 2 aromatic rings. The van der Waals surface area contributed by atoms with Crippen LogP contribution in [0.2, 0.25) is 0 Å². The highest BCUT2D eigenvalue weighted by atomic mass is 79.9. The van der Waals surface area contributed by atoms with Gasteiger partial charge < -0.3 is 15.2 Å². The lowest BCUT2D eigenvalue weighted by Crippen LogP contribution is -2.02. The van der Waals surface area contributed by atoms with E-state index in [4.69, 9.17) is 4.74 Å². The largest absolute Gasteiger partial charge is 0.504 e. The highest BCUT2D eigenvalue weighted by Gasteiger charge is 2.29. The lowest BCUT2D eigenvalue weighted by Gasteiger charge is -2.11. The van der Waals surface area contributed by atoms with Crippen molar-refractivity contribution in [3.05, 3.63) is 28.4 Å². The second-order valence-corrected chi connectivity index (χ2v) is 5.80. The van der Waals surface area contributed by atoms with Gasteiger partial charge in [-0.25, -0.2) is 9.97 Å². The van der Waals surface area contributed by atoms with Crippen LogP contribution in [0.25, 0.3) is 11.4 Å². The van der Waals surface area contributed by atoms with E-state index in [1.54, 1.807) is 12.1 Å². The number of phenols is 1. The van der Waals surface area contributed by atoms with Crippen molar-refractivity contribution in [3.63, 3.8) is 0 Å². The average Bonchev–Trinajstić information content (AvgIpc) is 3.32. The molecule has 110 valence electrons. The summed E-state index contributed by atoms with van der Waals surface area (Å²) in [6.07, 6.45) is 2.32. The number of aromatic hydroxyl groups is 1. The molecule has 0 atom stereocenters. The van der Waals surface area contributed by atoms with Crippen molar-refractivity contribution in [3.8, 4) is 22.9 Å². The van der Waals surface area contributed by atoms with Gasteiger partial charge in [0.1, 0.15) is 5.82 Å². The zero-order chi connectivity index (χ0) is 15.0. The van der Waals surface area contributed by atoms with Gasteiger partial charge in [-0.1, -0.05) is 0 Å². The normalized spacial score (nSPS) is 14.0. The number of phenolic OH excluding ortho intramolecular Hbond substituents is 1. The van der Waals surface area contributed by atoms with Gasteiger partial charge in [-0.15, -0.1) is 0 Å². The Morgan fingerprint density at radius 1 is 1.33 bits per heavy atom. The molecular weight excluding hydrogens is 334 g/mol. The third-order valence-corrected chi connectivity index (χ3v) is 4.30. The fourth-order valence-corrected chi connectivity index (χ4v) is 2.91. The molecule has 1 fully saturated rings. The second kappa shape index (κ2) is 5.52. The Kier molecular flexibility index (Phi) is 3.71. The smallest absolute Gasteiger partial charge is 0.161 e. The number of rotatable bonds is 4. The minimum Gasteiger partial charge on any atom is -0.504 e. The van der Waals surface area contributed by atoms with Crippen LogP contribution in [-0.2, 0) is 0 Å². The van der Waals surface area contributed by atoms with Crippen LogP contribution in [0.1, 0.15) is 24.5 Å². The van der Waals surface area contributed by atoms with E-state index in [-0.39, 0.29) is 5.75 Å². The average molecular weight is 350 g/mol. The Hall–Kier alpha value is -1.82. The second-order valence-electron chi connectivity index (χ2n) is 5.01. The van der Waals surface area contributed by atoms with Gasteiger partial charge in [0.15, 0.2) is 17.3 Å². The van der Waals surface area contributed by atoms with Crippen LogP contribution in [0.3, 0.4) is 0 Å². The lowest BCUT2D eigenvalue weighted by molar-refractivity contribution is 0.373. The number of anilines is 1. The number of aromatic nitrogens is 2. The quantitative estimate of drug-likeness (QED) is 0.883. The molecule has 1 aromatic heterocycles. The Bertz CT molecular complexity index is 687. The number of ether oxygens (including phenoxy) is 1. The van der Waals surface area contributed by atoms with Crippen molar-refractivity contribution < 1.29 is 9.84 Å². The van der Waals surface area contributed by atoms with Gasteiger partial charge in [-0.2, -0.15) is 0 Å². The zero-order valence-corrected chi connectivity index (χ0v) is 13.4. The molecule has 1 aliphatic rings. The molecule has 1 aliphatic carbocycles. The van der Waals surface area contributed by atoms with Crippen LogP contribution >= 0.6 is 15.9 Å². The van der Waals surface area contributed by atoms with Gasteiger partial charge in [0.25, 0.3) is 0 Å². The summed E-state index contributed by atoms with van der Waals surface area (Å²) in [7, 11) is 3.36. The molecule has 1 heterocycles. The van der Waals surface area contributed by atoms with Crippen molar-refractivity contribution in [1.29, 1.82) is 0 Å². The summed E-state index contributed by atoms with van der Waals surface area (Å²) < 4.78 is 5.99. The Morgan fingerprint density at radius 3 is 2.67 bits per heavy atom. The van der Waals surface area contributed by atoms with Gasteiger partial charge >= 0.3 is 0 Å². The summed E-state index contributed by atoms with van der Waals surface area (Å²) in [5.74, 6) is 2.38. The van der Waals surface area contributed by atoms with Gasteiger partial charge in [0, 0.05) is 18.5 Å². The molecule has 21 heavy (non-hydrogen) atoms. The number of nitrogens with zero attached hydrogens (tertiary/aromatic N) is 2. The lowest BCUT2D eigenvalue weighted by atomic mass is 10.1. The maximum atomic E-state index is 9.92. The van der Waals surface area contributed by atoms with Crippen LogP contribution in [0.5, 0.6) is 11.5 Å². The first-order chi connectivity index (χ1) is 10.1. The summed E-state index contributed by atoms with van der Waals surface area (Å²) >= 11 is 3.57. The molecule has 0 bridgehead atoms. The van der Waals surface area contributed by atoms with Crippen molar-refractivity contribution in [2.75, 3.05) is 19.5 Å². The highest BCUT2D eigenvalue weighted by molar-refractivity contribution is 9.10. The monoisotopic (exact) mass is 349 g/mol. The number of hydrogen-bond donors (Lipinski definition) is 2. The Morgan fingerprint density at radius 2 is 2.10 bits per heavy atom. The van der Waals surface area contributed by atoms with Crippen LogP contribution in [0.15, 0.2) is 22.7 Å². The van der Waals surface area contributed by atoms with Crippen molar-refractivity contribution in [1.82, 2.24) is 9.97 Å². The molecule has 0 aliphatic heterocycles. The third kappa shape index (κ3) is 2.68. The molecular formula is C15H16BrN3O2. The van der Waals surface area contributed by atoms with E-state index in [1.807, 2.05) is 13.1 Å². The minimum atomic E-state index is 0.0838. The standard InChI is InChI=1S/C15H16BrN3O2/c1-17-15-12(16)13(8-3-4-8)18-14(19-15)9-5-6-11(21-2)10(20)7-9/h5-8,20H,3-4H2,1-2H3,(H,17,18,19). The molecule has 0 spiro atoms. The number of methoxy groups -OCH3 is 1. The molecule has 2 N–H and O–H groups in total. The minimum absolute atomic E-state index is 0.0838. The van der Waals surface area contributed by atoms with Crippen LogP contribution < -0.4 is 10.1 Å². The van der Waals surface area contributed by atoms with E-state index < -0.39 is 0 Å². The van der Waals surface area contributed by atoms with E-state index in [9.17, 15) is 5.11 Å². The summed E-state index contributed by atoms with van der Waals surface area (Å²) in [6, 6.07) is 5.18. The number of nitrogens with one attached hydrogen (secondary N) is 1. The topological polar surface area (TPSA) is 67.3 Å². The fourth-order valence-electron chi connectivity index (χ4n) is 2.22. The van der Waals surface area contributed by atoms with E-state index in [0.717, 1.165) is 34.4 Å². The first-order valence-electron chi connectivity index (χ1n) is 6.76. The molecule has 0 unspecified atom stereocenters. The van der Waals surface area contributed by atoms with E-state index >= 15 is 0 Å². The number of hydrogen-bond acceptors (Lipinski definition) is 5. The van der Waals surface area contributed by atoms with Crippen molar-refractivity contribution >= 4 is 21.7 Å². The van der Waals surface area contributed by atoms with E-state index in [1.165, 1.54) is 7.11 Å². The van der Waals surface area contributed by atoms with E-state index in [2.05, 4.69) is 31.2 Å². The van der Waals surface area contributed by atoms with Gasteiger partial charge in [-0.3, -0.25) is 0 Å². The molecule has 3 rings (SSSR count). The Balaban J connectivity index is 2.09. The zero-order valence-electron chi connectivity index (χ0n) is 11.9. The molecule has 6 heteroatoms. The van der Waals surface area contributed by atoms with Gasteiger partial charge in [0.2, 0.25) is 0 Å². The summed E-state index contributed by atoms with van der Waals surface area (Å²) in [5.41, 5.74) is 1.79. The van der Waals surface area contributed by atoms with Crippen molar-refractivity contribution in [2.45, 2.75) is 18.8 Å². The first kappa shape index (κ1) is 14.1. The predicted molar refractivity (Wildman–Crippen MR) is 84.9 cm³/mol. The molecule has 0 radical (unpaired) electrons. The third-order valence-electron chi connectivity index (χ3n) is 3.51. The predicted octanol–water partition coefficient (Wildman–Crippen LogP) is 3.54. The summed E-state index contributed by atoms with van der Waals surface area (Å²) in [5, 5.41) is 13.0. The fraction of sp³-hybridized carbons (Fsp3) is 0.333. The SMILES string of the molecule is CNc1nc(-c2ccc(OC)c(O)c2)nc(C2CC2)c1Br. The van der Waals surface area contributed by atoms with Crippen LogP contribution in [-0.4, -0.2) is 29.2 Å². The Labute approximate surface area is 131 Å². The van der Waals surface area contributed by atoms with Gasteiger partial charge in [-0.05, 0) is 47.0 Å². The molecule has 1 saturated carbocycles. The van der Waals surface area contributed by atoms with Gasteiger partial charge in [0.05, 0.1) is 17.3 Å². The first-order valence-corrected chi connectivity index (χ1v) is 7.56. The summed E-state index contributed by atoms with van der Waals surface area (Å²) in [4.78, 5) is 9.17. The number of benzene rings is 1. The molecule has 5 nitrogen and oxygen atoms in total. The maximum Gasteiger partial charge on any atom is 0.161 e. The van der Waals surface area contributed by atoms with Crippen LogP contribution in [0.4, 0.5) is 5.82 Å². The summed E-state index contributed by atoms with van der Waals surface area (Å²) in [6.45, 7) is 0. The molecule has 0 saturated heterocycles.